The SMILES string of the molecule is CC(=O)N1CC(c2cc(F)ccc2F)=CC12c1cc(F)ccc1OCC2CCO. The van der Waals surface area contributed by atoms with Crippen molar-refractivity contribution in [3.63, 3.8) is 0 Å². The predicted octanol–water partition coefficient (Wildman–Crippen LogP) is 3.64. The van der Waals surface area contributed by atoms with E-state index >= 15 is 0 Å². The smallest absolute Gasteiger partial charge is 0.220 e. The van der Waals surface area contributed by atoms with Gasteiger partial charge in [0.25, 0.3) is 0 Å². The van der Waals surface area contributed by atoms with Gasteiger partial charge in [0.2, 0.25) is 5.91 Å². The van der Waals surface area contributed by atoms with Gasteiger partial charge >= 0.3 is 0 Å². The van der Waals surface area contributed by atoms with Crippen LogP contribution in [0.3, 0.4) is 0 Å². The third-order valence-corrected chi connectivity index (χ3v) is 5.74. The summed E-state index contributed by atoms with van der Waals surface area (Å²) >= 11 is 0. The number of carbonyl (C=O) groups is 1. The van der Waals surface area contributed by atoms with Crippen LogP contribution in [0.5, 0.6) is 5.75 Å². The number of rotatable bonds is 3. The number of hydrogen-bond acceptors (Lipinski definition) is 3. The van der Waals surface area contributed by atoms with Crippen LogP contribution in [0, 0.1) is 23.4 Å². The highest BCUT2D eigenvalue weighted by atomic mass is 19.1. The van der Waals surface area contributed by atoms with Gasteiger partial charge in [-0.05, 0) is 54.5 Å². The van der Waals surface area contributed by atoms with Gasteiger partial charge in [-0.2, -0.15) is 0 Å². The average molecular weight is 403 g/mol. The topological polar surface area (TPSA) is 49.8 Å². The second-order valence-electron chi connectivity index (χ2n) is 7.38. The Kier molecular flexibility index (Phi) is 4.86. The van der Waals surface area contributed by atoms with Crippen LogP contribution in [0.25, 0.3) is 5.57 Å². The summed E-state index contributed by atoms with van der Waals surface area (Å²) in [5.74, 6) is -1.97. The van der Waals surface area contributed by atoms with Crippen molar-refractivity contribution in [2.45, 2.75) is 18.9 Å². The lowest BCUT2D eigenvalue weighted by atomic mass is 9.74. The van der Waals surface area contributed by atoms with Crippen molar-refractivity contribution in [1.82, 2.24) is 4.90 Å². The number of ether oxygens (including phenoxy) is 1. The van der Waals surface area contributed by atoms with Crippen LogP contribution in [0.15, 0.2) is 42.5 Å². The third-order valence-electron chi connectivity index (χ3n) is 5.74. The fourth-order valence-corrected chi connectivity index (χ4v) is 4.47. The number of benzene rings is 2. The number of hydrogen-bond donors (Lipinski definition) is 1. The van der Waals surface area contributed by atoms with Crippen LogP contribution in [0.4, 0.5) is 13.2 Å². The Morgan fingerprint density at radius 1 is 1.21 bits per heavy atom. The lowest BCUT2D eigenvalue weighted by Crippen LogP contribution is -2.53. The van der Waals surface area contributed by atoms with Crippen LogP contribution in [-0.4, -0.2) is 35.7 Å². The van der Waals surface area contributed by atoms with Gasteiger partial charge in [0.1, 0.15) is 23.2 Å². The van der Waals surface area contributed by atoms with Crippen LogP contribution < -0.4 is 4.74 Å². The number of nitrogens with zero attached hydrogens (tertiary/aromatic N) is 1. The predicted molar refractivity (Wildman–Crippen MR) is 100 cm³/mol. The molecule has 0 aromatic heterocycles. The summed E-state index contributed by atoms with van der Waals surface area (Å²) in [5.41, 5.74) is -0.208. The number of aliphatic hydroxyl groups is 1. The summed E-state index contributed by atoms with van der Waals surface area (Å²) in [6, 6.07) is 7.22. The van der Waals surface area contributed by atoms with Crippen molar-refractivity contribution in [1.29, 1.82) is 0 Å². The highest BCUT2D eigenvalue weighted by Gasteiger charge is 2.53. The number of carbonyl (C=O) groups excluding carboxylic acids is 1. The molecule has 0 aliphatic carbocycles. The van der Waals surface area contributed by atoms with E-state index < -0.39 is 23.0 Å². The normalized spacial score (nSPS) is 23.0. The molecule has 0 bridgehead atoms. The Morgan fingerprint density at radius 3 is 2.66 bits per heavy atom. The molecular formula is C22H20F3NO3. The highest BCUT2D eigenvalue weighted by molar-refractivity contribution is 5.83. The minimum absolute atomic E-state index is 0.0353. The number of aliphatic hydroxyl groups excluding tert-OH is 1. The summed E-state index contributed by atoms with van der Waals surface area (Å²) in [6.07, 6.45) is 1.99. The summed E-state index contributed by atoms with van der Waals surface area (Å²) in [6.45, 7) is 1.44. The molecule has 0 saturated carbocycles. The molecule has 0 radical (unpaired) electrons. The molecule has 0 fully saturated rings. The molecule has 2 aromatic rings. The van der Waals surface area contributed by atoms with Crippen molar-refractivity contribution in [3.05, 3.63) is 71.1 Å². The van der Waals surface area contributed by atoms with Crippen molar-refractivity contribution < 1.29 is 27.8 Å². The molecule has 2 aliphatic heterocycles. The van der Waals surface area contributed by atoms with Gasteiger partial charge in [0, 0.05) is 37.1 Å². The van der Waals surface area contributed by atoms with Gasteiger partial charge in [-0.1, -0.05) is 0 Å². The van der Waals surface area contributed by atoms with Crippen molar-refractivity contribution in [2.75, 3.05) is 19.8 Å². The van der Waals surface area contributed by atoms with Crippen molar-refractivity contribution in [2.24, 2.45) is 5.92 Å². The molecule has 4 rings (SSSR count). The molecule has 29 heavy (non-hydrogen) atoms. The Bertz CT molecular complexity index is 1010. The largest absolute Gasteiger partial charge is 0.493 e. The monoisotopic (exact) mass is 403 g/mol. The first-order chi connectivity index (χ1) is 13.9. The molecule has 0 saturated heterocycles. The first-order valence-corrected chi connectivity index (χ1v) is 9.36. The van der Waals surface area contributed by atoms with Crippen molar-refractivity contribution >= 4 is 11.5 Å². The summed E-state index contributed by atoms with van der Waals surface area (Å²) < 4.78 is 48.2. The zero-order valence-electron chi connectivity index (χ0n) is 15.8. The van der Waals surface area contributed by atoms with E-state index in [0.717, 1.165) is 18.2 Å². The van der Waals surface area contributed by atoms with E-state index in [1.54, 1.807) is 6.08 Å². The first-order valence-electron chi connectivity index (χ1n) is 9.36. The van der Waals surface area contributed by atoms with Crippen LogP contribution in [-0.2, 0) is 10.3 Å². The molecule has 2 aliphatic rings. The van der Waals surface area contributed by atoms with E-state index in [2.05, 4.69) is 0 Å². The lowest BCUT2D eigenvalue weighted by Gasteiger charge is -2.47. The maximum Gasteiger partial charge on any atom is 0.220 e. The number of amides is 1. The first kappa shape index (κ1) is 19.5. The highest BCUT2D eigenvalue weighted by Crippen LogP contribution is 2.52. The standard InChI is InChI=1S/C22H20F3NO3/c1-13(28)26-11-14(18-8-16(23)2-4-20(18)25)10-22(26)15(6-7-27)12-29-21-5-3-17(24)9-19(21)22/h2-5,8-10,15,27H,6-7,11-12H2,1H3. The van der Waals surface area contributed by atoms with Crippen LogP contribution in [0.2, 0.25) is 0 Å². The number of fused-ring (bicyclic) bond motifs is 2. The quantitative estimate of drug-likeness (QED) is 0.852. The Hall–Kier alpha value is -2.80. The second-order valence-corrected chi connectivity index (χ2v) is 7.38. The second kappa shape index (κ2) is 7.22. The average Bonchev–Trinajstić information content (AvgIpc) is 3.08. The maximum atomic E-state index is 14.5. The van der Waals surface area contributed by atoms with Gasteiger partial charge < -0.3 is 14.7 Å². The fraction of sp³-hybridized carbons (Fsp3) is 0.318. The summed E-state index contributed by atoms with van der Waals surface area (Å²) in [4.78, 5) is 14.1. The summed E-state index contributed by atoms with van der Waals surface area (Å²) in [5, 5.41) is 9.59. The molecule has 2 unspecified atom stereocenters. The Morgan fingerprint density at radius 2 is 1.93 bits per heavy atom. The van der Waals surface area contributed by atoms with Gasteiger partial charge in [-0.15, -0.1) is 0 Å². The molecular weight excluding hydrogens is 383 g/mol. The zero-order valence-corrected chi connectivity index (χ0v) is 15.8. The van der Waals surface area contributed by atoms with Gasteiger partial charge in [0.15, 0.2) is 0 Å². The third kappa shape index (κ3) is 3.09. The zero-order chi connectivity index (χ0) is 20.8. The van der Waals surface area contributed by atoms with Gasteiger partial charge in [-0.25, -0.2) is 13.2 Å². The molecule has 2 heterocycles. The number of halogens is 3. The molecule has 4 nitrogen and oxygen atoms in total. The lowest BCUT2D eigenvalue weighted by molar-refractivity contribution is -0.135. The van der Waals surface area contributed by atoms with Gasteiger partial charge in [-0.3, -0.25) is 4.79 Å². The van der Waals surface area contributed by atoms with Gasteiger partial charge in [0.05, 0.1) is 12.1 Å². The van der Waals surface area contributed by atoms with Crippen LogP contribution in [0.1, 0.15) is 24.5 Å². The molecule has 7 heteroatoms. The Labute approximate surface area is 166 Å². The van der Waals surface area contributed by atoms with E-state index in [9.17, 15) is 23.1 Å². The van der Waals surface area contributed by atoms with E-state index in [4.69, 9.17) is 4.74 Å². The van der Waals surface area contributed by atoms with E-state index in [-0.39, 0.29) is 43.6 Å². The molecule has 1 spiro atoms. The minimum atomic E-state index is -1.13. The van der Waals surface area contributed by atoms with E-state index in [1.165, 1.54) is 30.0 Å². The fourth-order valence-electron chi connectivity index (χ4n) is 4.47. The molecule has 2 atom stereocenters. The van der Waals surface area contributed by atoms with E-state index in [0.29, 0.717) is 16.9 Å². The van der Waals surface area contributed by atoms with Crippen molar-refractivity contribution in [3.8, 4) is 5.75 Å². The maximum absolute atomic E-state index is 14.5. The summed E-state index contributed by atoms with van der Waals surface area (Å²) in [7, 11) is 0. The molecule has 1 amide bonds. The molecule has 1 N–H and O–H groups in total. The molecule has 152 valence electrons. The molecule has 2 aromatic carbocycles. The van der Waals surface area contributed by atoms with Crippen LogP contribution >= 0.6 is 0 Å². The van der Waals surface area contributed by atoms with E-state index in [1.807, 2.05) is 0 Å². The Balaban J connectivity index is 1.97. The minimum Gasteiger partial charge on any atom is -0.493 e.